The molecule has 2 aromatic rings. The Morgan fingerprint density at radius 2 is 1.67 bits per heavy atom. The summed E-state index contributed by atoms with van der Waals surface area (Å²) >= 11 is 0. The van der Waals surface area contributed by atoms with Crippen molar-refractivity contribution >= 4 is 11.5 Å². The average Bonchev–Trinajstić information content (AvgIpc) is 2.77. The topological polar surface area (TPSA) is 57.2 Å². The van der Waals surface area contributed by atoms with Gasteiger partial charge in [0.25, 0.3) is 5.91 Å². The highest BCUT2D eigenvalue weighted by molar-refractivity contribution is 5.81. The number of carbonyl (C=O) groups is 1. The van der Waals surface area contributed by atoms with Crippen LogP contribution in [-0.4, -0.2) is 51.8 Å². The molecular formula is C24H29NO5. The molecule has 30 heavy (non-hydrogen) atoms. The third-order valence-corrected chi connectivity index (χ3v) is 5.28. The Hall–Kier alpha value is -3.15. The number of amides is 1. The van der Waals surface area contributed by atoms with E-state index in [0.29, 0.717) is 36.8 Å². The lowest BCUT2D eigenvalue weighted by Crippen LogP contribution is -2.38. The standard InChI is InChI=1S/C24H29NO5/c1-16-6-7-20(17(2)12-16)30-15-23(26)25-10-8-18(9-11-25)24-21(28-4)13-19(27-3)14-22(24)29-5/h6-8,12-14H,9-11,15H2,1-5H3. The number of benzene rings is 2. The molecule has 0 saturated carbocycles. The van der Waals surface area contributed by atoms with Crippen LogP contribution in [0.4, 0.5) is 0 Å². The van der Waals surface area contributed by atoms with Crippen LogP contribution in [0.2, 0.25) is 0 Å². The van der Waals surface area contributed by atoms with Crippen molar-refractivity contribution in [1.29, 1.82) is 0 Å². The van der Waals surface area contributed by atoms with Crippen LogP contribution in [0, 0.1) is 13.8 Å². The van der Waals surface area contributed by atoms with Crippen molar-refractivity contribution in [3.63, 3.8) is 0 Å². The van der Waals surface area contributed by atoms with E-state index in [-0.39, 0.29) is 12.5 Å². The fraction of sp³-hybridized carbons (Fsp3) is 0.375. The molecule has 6 nitrogen and oxygen atoms in total. The van der Waals surface area contributed by atoms with E-state index in [4.69, 9.17) is 18.9 Å². The molecule has 0 saturated heterocycles. The monoisotopic (exact) mass is 411 g/mol. The highest BCUT2D eigenvalue weighted by Crippen LogP contribution is 2.40. The normalized spacial score (nSPS) is 13.5. The summed E-state index contributed by atoms with van der Waals surface area (Å²) in [6.45, 7) is 5.18. The predicted octanol–water partition coefficient (Wildman–Crippen LogP) is 4.02. The van der Waals surface area contributed by atoms with Crippen LogP contribution in [-0.2, 0) is 4.79 Å². The first-order chi connectivity index (χ1) is 14.5. The van der Waals surface area contributed by atoms with E-state index in [0.717, 1.165) is 22.4 Å². The summed E-state index contributed by atoms with van der Waals surface area (Å²) < 4.78 is 22.2. The lowest BCUT2D eigenvalue weighted by molar-refractivity contribution is -0.132. The number of rotatable bonds is 7. The van der Waals surface area contributed by atoms with Gasteiger partial charge in [0, 0.05) is 25.2 Å². The van der Waals surface area contributed by atoms with E-state index in [1.54, 1.807) is 26.2 Å². The van der Waals surface area contributed by atoms with Crippen LogP contribution < -0.4 is 18.9 Å². The Morgan fingerprint density at radius 1 is 0.967 bits per heavy atom. The lowest BCUT2D eigenvalue weighted by atomic mass is 9.97. The van der Waals surface area contributed by atoms with Gasteiger partial charge >= 0.3 is 0 Å². The molecule has 1 aliphatic rings. The average molecular weight is 411 g/mol. The number of hydrogen-bond donors (Lipinski definition) is 0. The van der Waals surface area contributed by atoms with E-state index in [2.05, 4.69) is 0 Å². The second-order valence-electron chi connectivity index (χ2n) is 7.28. The maximum atomic E-state index is 12.6. The van der Waals surface area contributed by atoms with Gasteiger partial charge in [-0.05, 0) is 37.5 Å². The Balaban J connectivity index is 1.70. The molecule has 0 unspecified atom stereocenters. The summed E-state index contributed by atoms with van der Waals surface area (Å²) in [5.74, 6) is 2.77. The highest BCUT2D eigenvalue weighted by atomic mass is 16.5. The quantitative estimate of drug-likeness (QED) is 0.689. The number of carbonyl (C=O) groups excluding carboxylic acids is 1. The first kappa shape index (κ1) is 21.6. The summed E-state index contributed by atoms with van der Waals surface area (Å²) in [4.78, 5) is 14.4. The van der Waals surface area contributed by atoms with Gasteiger partial charge in [-0.2, -0.15) is 0 Å². The Bertz CT molecular complexity index is 926. The van der Waals surface area contributed by atoms with E-state index < -0.39 is 0 Å². The van der Waals surface area contributed by atoms with Gasteiger partial charge in [-0.3, -0.25) is 4.79 Å². The molecule has 0 radical (unpaired) electrons. The highest BCUT2D eigenvalue weighted by Gasteiger charge is 2.23. The van der Waals surface area contributed by atoms with Gasteiger partial charge in [0.2, 0.25) is 0 Å². The van der Waals surface area contributed by atoms with Crippen LogP contribution in [0.25, 0.3) is 5.57 Å². The first-order valence-corrected chi connectivity index (χ1v) is 9.94. The van der Waals surface area contributed by atoms with E-state index >= 15 is 0 Å². The molecule has 0 atom stereocenters. The summed E-state index contributed by atoms with van der Waals surface area (Å²) in [7, 11) is 4.86. The van der Waals surface area contributed by atoms with Crippen molar-refractivity contribution in [3.05, 3.63) is 53.1 Å². The molecule has 3 rings (SSSR count). The molecule has 1 heterocycles. The zero-order valence-corrected chi connectivity index (χ0v) is 18.3. The molecule has 6 heteroatoms. The zero-order valence-electron chi connectivity index (χ0n) is 18.3. The van der Waals surface area contributed by atoms with Crippen LogP contribution in [0.1, 0.15) is 23.1 Å². The van der Waals surface area contributed by atoms with E-state index in [1.165, 1.54) is 5.56 Å². The predicted molar refractivity (Wildman–Crippen MR) is 117 cm³/mol. The van der Waals surface area contributed by atoms with E-state index in [9.17, 15) is 4.79 Å². The maximum Gasteiger partial charge on any atom is 0.260 e. The molecule has 0 N–H and O–H groups in total. The van der Waals surface area contributed by atoms with Crippen LogP contribution >= 0.6 is 0 Å². The minimum Gasteiger partial charge on any atom is -0.496 e. The number of nitrogens with zero attached hydrogens (tertiary/aromatic N) is 1. The molecule has 0 fully saturated rings. The first-order valence-electron chi connectivity index (χ1n) is 9.94. The second kappa shape index (κ2) is 9.57. The van der Waals surface area contributed by atoms with Gasteiger partial charge in [-0.1, -0.05) is 23.8 Å². The minimum absolute atomic E-state index is 0.0288. The molecule has 0 spiro atoms. The smallest absolute Gasteiger partial charge is 0.260 e. The minimum atomic E-state index is -0.0288. The van der Waals surface area contributed by atoms with Gasteiger partial charge in [0.05, 0.1) is 26.9 Å². The van der Waals surface area contributed by atoms with Crippen molar-refractivity contribution in [2.75, 3.05) is 41.0 Å². The molecule has 0 bridgehead atoms. The van der Waals surface area contributed by atoms with Gasteiger partial charge in [0.1, 0.15) is 23.0 Å². The van der Waals surface area contributed by atoms with Crippen molar-refractivity contribution in [2.45, 2.75) is 20.3 Å². The SMILES string of the molecule is COc1cc(OC)c(C2=CCN(C(=O)COc3ccc(C)cc3C)CC2)c(OC)c1. The van der Waals surface area contributed by atoms with Crippen molar-refractivity contribution in [2.24, 2.45) is 0 Å². The maximum absolute atomic E-state index is 12.6. The lowest BCUT2D eigenvalue weighted by Gasteiger charge is -2.28. The summed E-state index contributed by atoms with van der Waals surface area (Å²) in [6, 6.07) is 9.63. The second-order valence-corrected chi connectivity index (χ2v) is 7.28. The van der Waals surface area contributed by atoms with Crippen LogP contribution in [0.3, 0.4) is 0 Å². The van der Waals surface area contributed by atoms with Crippen molar-refractivity contribution in [1.82, 2.24) is 4.90 Å². The van der Waals surface area contributed by atoms with Crippen molar-refractivity contribution in [3.8, 4) is 23.0 Å². The summed E-state index contributed by atoms with van der Waals surface area (Å²) in [6.07, 6.45) is 2.75. The largest absolute Gasteiger partial charge is 0.496 e. The summed E-state index contributed by atoms with van der Waals surface area (Å²) in [5.41, 5.74) is 4.19. The Labute approximate surface area is 178 Å². The molecule has 0 aromatic heterocycles. The fourth-order valence-corrected chi connectivity index (χ4v) is 3.64. The third-order valence-electron chi connectivity index (χ3n) is 5.28. The molecular weight excluding hydrogens is 382 g/mol. The number of aryl methyl sites for hydroxylation is 2. The third kappa shape index (κ3) is 4.70. The van der Waals surface area contributed by atoms with Gasteiger partial charge in [0.15, 0.2) is 6.61 Å². The molecule has 1 amide bonds. The molecule has 1 aliphatic heterocycles. The van der Waals surface area contributed by atoms with Gasteiger partial charge in [-0.15, -0.1) is 0 Å². The number of methoxy groups -OCH3 is 3. The fourth-order valence-electron chi connectivity index (χ4n) is 3.64. The molecule has 160 valence electrons. The van der Waals surface area contributed by atoms with Crippen molar-refractivity contribution < 1.29 is 23.7 Å². The molecule has 2 aromatic carbocycles. The van der Waals surface area contributed by atoms with Gasteiger partial charge < -0.3 is 23.8 Å². The Kier molecular flexibility index (Phi) is 6.87. The van der Waals surface area contributed by atoms with Crippen LogP contribution in [0.15, 0.2) is 36.4 Å². The van der Waals surface area contributed by atoms with Crippen LogP contribution in [0.5, 0.6) is 23.0 Å². The Morgan fingerprint density at radius 3 is 2.20 bits per heavy atom. The number of hydrogen-bond acceptors (Lipinski definition) is 5. The summed E-state index contributed by atoms with van der Waals surface area (Å²) in [5, 5.41) is 0. The zero-order chi connectivity index (χ0) is 21.7. The van der Waals surface area contributed by atoms with Gasteiger partial charge in [-0.25, -0.2) is 0 Å². The molecule has 0 aliphatic carbocycles. The van der Waals surface area contributed by atoms with E-state index in [1.807, 2.05) is 50.3 Å². The number of ether oxygens (including phenoxy) is 4.